The quantitative estimate of drug-likeness (QED) is 0.900. The first-order valence-electron chi connectivity index (χ1n) is 9.50. The van der Waals surface area contributed by atoms with Crippen molar-refractivity contribution in [3.63, 3.8) is 0 Å². The number of piperidine rings is 1. The van der Waals surface area contributed by atoms with E-state index in [1.54, 1.807) is 0 Å². The monoisotopic (exact) mass is 329 g/mol. The largest absolute Gasteiger partial charge is 0.454 e. The highest BCUT2D eigenvalue weighted by Gasteiger charge is 2.33. The molecule has 0 amide bonds. The number of rotatable bonds is 2. The zero-order valence-corrected chi connectivity index (χ0v) is 14.2. The van der Waals surface area contributed by atoms with E-state index in [2.05, 4.69) is 27.2 Å². The summed E-state index contributed by atoms with van der Waals surface area (Å²) in [5.41, 5.74) is 1.27. The van der Waals surface area contributed by atoms with Crippen molar-refractivity contribution in [2.75, 3.05) is 37.9 Å². The van der Waals surface area contributed by atoms with E-state index in [4.69, 9.17) is 9.47 Å². The van der Waals surface area contributed by atoms with Crippen LogP contribution in [-0.2, 0) is 0 Å². The van der Waals surface area contributed by atoms with Crippen LogP contribution in [0.1, 0.15) is 32.1 Å². The molecule has 0 saturated carbocycles. The van der Waals surface area contributed by atoms with Crippen molar-refractivity contribution in [1.29, 1.82) is 0 Å². The van der Waals surface area contributed by atoms with Gasteiger partial charge >= 0.3 is 0 Å². The Labute approximate surface area is 143 Å². The van der Waals surface area contributed by atoms with E-state index in [-0.39, 0.29) is 0 Å². The van der Waals surface area contributed by atoms with Gasteiger partial charge in [0.2, 0.25) is 6.79 Å². The molecule has 1 N–H and O–H groups in total. The van der Waals surface area contributed by atoms with E-state index in [1.807, 2.05) is 6.07 Å². The molecule has 4 aliphatic heterocycles. The lowest BCUT2D eigenvalue weighted by Gasteiger charge is -2.40. The Morgan fingerprint density at radius 2 is 1.71 bits per heavy atom. The third-order valence-corrected chi connectivity index (χ3v) is 6.26. The van der Waals surface area contributed by atoms with Gasteiger partial charge < -0.3 is 19.7 Å². The molecule has 0 aromatic heterocycles. The van der Waals surface area contributed by atoms with Crippen molar-refractivity contribution in [2.24, 2.45) is 0 Å². The summed E-state index contributed by atoms with van der Waals surface area (Å²) in [6, 6.07) is 8.63. The maximum absolute atomic E-state index is 5.52. The van der Waals surface area contributed by atoms with Crippen LogP contribution < -0.4 is 19.7 Å². The summed E-state index contributed by atoms with van der Waals surface area (Å²) in [6.45, 7) is 5.17. The summed E-state index contributed by atoms with van der Waals surface area (Å²) in [5, 5.41) is 3.80. The molecule has 5 rings (SSSR count). The third-order valence-electron chi connectivity index (χ3n) is 6.26. The summed E-state index contributed by atoms with van der Waals surface area (Å²) in [5.74, 6) is 1.77. The average molecular weight is 329 g/mol. The van der Waals surface area contributed by atoms with Crippen LogP contribution in [0.15, 0.2) is 18.2 Å². The van der Waals surface area contributed by atoms with E-state index in [1.165, 1.54) is 50.9 Å². The van der Waals surface area contributed by atoms with Gasteiger partial charge in [0.05, 0.1) is 0 Å². The molecule has 3 fully saturated rings. The minimum absolute atomic E-state index is 0.353. The molecule has 2 atom stereocenters. The molecule has 3 saturated heterocycles. The van der Waals surface area contributed by atoms with Crippen LogP contribution in [0.5, 0.6) is 11.5 Å². The van der Waals surface area contributed by atoms with Gasteiger partial charge in [-0.2, -0.15) is 0 Å². The number of hydrogen-bond acceptors (Lipinski definition) is 5. The van der Waals surface area contributed by atoms with E-state index >= 15 is 0 Å². The molecule has 24 heavy (non-hydrogen) atoms. The molecule has 4 heterocycles. The van der Waals surface area contributed by atoms with Gasteiger partial charge in [0.1, 0.15) is 0 Å². The predicted molar refractivity (Wildman–Crippen MR) is 93.9 cm³/mol. The van der Waals surface area contributed by atoms with Crippen LogP contribution in [0.3, 0.4) is 0 Å². The number of anilines is 1. The number of nitrogens with zero attached hydrogens (tertiary/aromatic N) is 2. The van der Waals surface area contributed by atoms with Crippen molar-refractivity contribution >= 4 is 5.69 Å². The zero-order valence-electron chi connectivity index (χ0n) is 14.2. The number of benzene rings is 1. The average Bonchev–Trinajstić information content (AvgIpc) is 3.20. The maximum Gasteiger partial charge on any atom is 0.231 e. The van der Waals surface area contributed by atoms with Crippen molar-refractivity contribution in [2.45, 2.75) is 50.2 Å². The second-order valence-corrected chi connectivity index (χ2v) is 7.68. The number of fused-ring (bicyclic) bond motifs is 3. The van der Waals surface area contributed by atoms with Gasteiger partial charge in [0, 0.05) is 49.5 Å². The third kappa shape index (κ3) is 2.74. The van der Waals surface area contributed by atoms with Crippen molar-refractivity contribution in [1.82, 2.24) is 10.2 Å². The first-order valence-corrected chi connectivity index (χ1v) is 9.50. The molecule has 2 bridgehead atoms. The highest BCUT2D eigenvalue weighted by Crippen LogP contribution is 2.36. The first-order chi connectivity index (χ1) is 11.8. The number of nitrogens with one attached hydrogen (secondary N) is 1. The lowest BCUT2D eigenvalue weighted by Crippen LogP contribution is -2.47. The molecule has 5 heteroatoms. The van der Waals surface area contributed by atoms with E-state index in [0.717, 1.165) is 42.7 Å². The Bertz CT molecular complexity index is 600. The van der Waals surface area contributed by atoms with Gasteiger partial charge in [-0.25, -0.2) is 0 Å². The van der Waals surface area contributed by atoms with Crippen LogP contribution in [0.2, 0.25) is 0 Å². The van der Waals surface area contributed by atoms with Gasteiger partial charge in [-0.3, -0.25) is 4.90 Å². The minimum atomic E-state index is 0.353. The van der Waals surface area contributed by atoms with Crippen molar-refractivity contribution in [3.8, 4) is 11.5 Å². The van der Waals surface area contributed by atoms with Crippen molar-refractivity contribution < 1.29 is 9.47 Å². The van der Waals surface area contributed by atoms with Gasteiger partial charge in [0.15, 0.2) is 11.5 Å². The fraction of sp³-hybridized carbons (Fsp3) is 0.684. The van der Waals surface area contributed by atoms with Crippen LogP contribution in [-0.4, -0.2) is 56.0 Å². The highest BCUT2D eigenvalue weighted by molar-refractivity contribution is 5.57. The Balaban J connectivity index is 1.21. The smallest absolute Gasteiger partial charge is 0.231 e. The highest BCUT2D eigenvalue weighted by atomic mass is 16.7. The summed E-state index contributed by atoms with van der Waals surface area (Å²) in [7, 11) is 0. The predicted octanol–water partition coefficient (Wildman–Crippen LogP) is 2.21. The Kier molecular flexibility index (Phi) is 3.78. The first kappa shape index (κ1) is 14.8. The summed E-state index contributed by atoms with van der Waals surface area (Å²) in [6.07, 6.45) is 6.63. The summed E-state index contributed by atoms with van der Waals surface area (Å²) in [4.78, 5) is 5.27. The maximum atomic E-state index is 5.52. The molecule has 0 aliphatic carbocycles. The van der Waals surface area contributed by atoms with E-state index < -0.39 is 0 Å². The molecule has 0 radical (unpaired) electrons. The molecule has 1 aromatic rings. The van der Waals surface area contributed by atoms with Crippen LogP contribution in [0, 0.1) is 0 Å². The van der Waals surface area contributed by atoms with Crippen LogP contribution in [0.4, 0.5) is 5.69 Å². The molecule has 0 spiro atoms. The van der Waals surface area contributed by atoms with Crippen LogP contribution >= 0.6 is 0 Å². The molecular weight excluding hydrogens is 302 g/mol. The SMILES string of the molecule is c1cc2c(cc1N1CCC(N3CC[C@H]4CC[C@@H](C3)N4)CC1)OCO2. The number of likely N-dealkylation sites (tertiary alicyclic amines) is 1. The summed E-state index contributed by atoms with van der Waals surface area (Å²) < 4.78 is 10.9. The van der Waals surface area contributed by atoms with Gasteiger partial charge in [-0.05, 0) is 50.8 Å². The standard InChI is InChI=1S/C19H27N3O2/c1-2-15-12-22(8-5-14(1)20-15)16-6-9-21(10-7-16)17-3-4-18-19(11-17)24-13-23-18/h3-4,11,14-16,20H,1-2,5-10,12-13H2/t14-,15+/m1/s1. The Morgan fingerprint density at radius 1 is 0.875 bits per heavy atom. The second-order valence-electron chi connectivity index (χ2n) is 7.68. The molecule has 1 aromatic carbocycles. The summed E-state index contributed by atoms with van der Waals surface area (Å²) >= 11 is 0. The molecular formula is C19H27N3O2. The molecule has 5 nitrogen and oxygen atoms in total. The van der Waals surface area contributed by atoms with Gasteiger partial charge in [-0.15, -0.1) is 0 Å². The second kappa shape index (κ2) is 6.12. The van der Waals surface area contributed by atoms with E-state index in [0.29, 0.717) is 6.79 Å². The van der Waals surface area contributed by atoms with Crippen LogP contribution in [0.25, 0.3) is 0 Å². The fourth-order valence-corrected chi connectivity index (χ4v) is 4.87. The van der Waals surface area contributed by atoms with Gasteiger partial charge in [0.25, 0.3) is 0 Å². The molecule has 0 unspecified atom stereocenters. The normalized spacial score (nSPS) is 30.6. The lowest BCUT2D eigenvalue weighted by molar-refractivity contribution is 0.161. The molecule has 130 valence electrons. The lowest BCUT2D eigenvalue weighted by atomic mass is 9.99. The molecule has 4 aliphatic rings. The van der Waals surface area contributed by atoms with E-state index in [9.17, 15) is 0 Å². The van der Waals surface area contributed by atoms with Crippen molar-refractivity contribution in [3.05, 3.63) is 18.2 Å². The number of hydrogen-bond donors (Lipinski definition) is 1. The minimum Gasteiger partial charge on any atom is -0.454 e. The van der Waals surface area contributed by atoms with Gasteiger partial charge in [-0.1, -0.05) is 0 Å². The Hall–Kier alpha value is -1.46. The topological polar surface area (TPSA) is 37.0 Å². The fourth-order valence-electron chi connectivity index (χ4n) is 4.87. The zero-order chi connectivity index (χ0) is 15.9. The Morgan fingerprint density at radius 3 is 2.62 bits per heavy atom. The number of ether oxygens (including phenoxy) is 2.